The van der Waals surface area contributed by atoms with E-state index in [0.29, 0.717) is 21.6 Å². The largest absolute Gasteiger partial charge is 0.326 e. The second-order valence-electron chi connectivity index (χ2n) is 6.76. The van der Waals surface area contributed by atoms with E-state index >= 15 is 0 Å². The highest BCUT2D eigenvalue weighted by Crippen LogP contribution is 2.36. The lowest BCUT2D eigenvalue weighted by Gasteiger charge is -2.10. The topological polar surface area (TPSA) is 90.0 Å². The van der Waals surface area contributed by atoms with Crippen LogP contribution in [-0.2, 0) is 22.2 Å². The zero-order valence-corrected chi connectivity index (χ0v) is 16.5. The minimum Gasteiger partial charge on any atom is -0.326 e. The van der Waals surface area contributed by atoms with Crippen LogP contribution in [0.15, 0.2) is 59.8 Å². The molecule has 0 saturated heterocycles. The molecular weight excluding hydrogens is 396 g/mol. The van der Waals surface area contributed by atoms with Crippen LogP contribution in [0.4, 0.5) is 5.69 Å². The number of carbonyl (C=O) groups is 1. The standard InChI is InChI=1S/C20H19ClN4O2S/c21-18-4-2-1-3-13(18)9-20(26)24-15-5-8-17(19(10-15)28(22)27)14-11-23-25(12-14)16-6-7-16/h1-5,8,10-12,16H,6-7,9,22H2,(H,24,26). The van der Waals surface area contributed by atoms with Crippen molar-refractivity contribution in [2.45, 2.75) is 30.2 Å². The molecule has 6 nitrogen and oxygen atoms in total. The molecule has 1 saturated carbocycles. The number of benzene rings is 2. The number of halogens is 1. The van der Waals surface area contributed by atoms with Crippen LogP contribution in [-0.4, -0.2) is 19.9 Å². The minimum atomic E-state index is -1.70. The van der Waals surface area contributed by atoms with Crippen LogP contribution in [0.1, 0.15) is 24.4 Å². The number of amides is 1. The van der Waals surface area contributed by atoms with Crippen molar-refractivity contribution < 1.29 is 9.00 Å². The third kappa shape index (κ3) is 4.16. The summed E-state index contributed by atoms with van der Waals surface area (Å²) in [6.45, 7) is 0. The monoisotopic (exact) mass is 414 g/mol. The van der Waals surface area contributed by atoms with Gasteiger partial charge in [-0.1, -0.05) is 35.9 Å². The third-order valence-corrected chi connectivity index (χ3v) is 5.76. The summed E-state index contributed by atoms with van der Waals surface area (Å²) < 4.78 is 14.0. The average molecular weight is 415 g/mol. The number of anilines is 1. The molecule has 3 aromatic rings. The maximum absolute atomic E-state index is 12.4. The number of hydrogen-bond acceptors (Lipinski definition) is 3. The van der Waals surface area contributed by atoms with Gasteiger partial charge in [0.15, 0.2) is 0 Å². The Bertz CT molecular complexity index is 1060. The second kappa shape index (κ2) is 7.87. The predicted octanol–water partition coefficient (Wildman–Crippen LogP) is 3.70. The van der Waals surface area contributed by atoms with E-state index in [1.807, 2.05) is 29.1 Å². The predicted molar refractivity (Wildman–Crippen MR) is 110 cm³/mol. The average Bonchev–Trinajstić information content (AvgIpc) is 3.41. The zero-order chi connectivity index (χ0) is 19.7. The highest BCUT2D eigenvalue weighted by Gasteiger charge is 2.25. The van der Waals surface area contributed by atoms with Crippen molar-refractivity contribution in [1.82, 2.24) is 9.78 Å². The molecule has 1 unspecified atom stereocenters. The van der Waals surface area contributed by atoms with Crippen molar-refractivity contribution in [1.29, 1.82) is 0 Å². The van der Waals surface area contributed by atoms with Crippen molar-refractivity contribution in [2.24, 2.45) is 5.14 Å². The molecule has 4 rings (SSSR count). The van der Waals surface area contributed by atoms with Crippen molar-refractivity contribution >= 4 is 34.2 Å². The molecule has 1 aromatic heterocycles. The Hall–Kier alpha value is -2.48. The van der Waals surface area contributed by atoms with Crippen molar-refractivity contribution in [3.8, 4) is 11.1 Å². The van der Waals surface area contributed by atoms with E-state index in [9.17, 15) is 9.00 Å². The molecule has 1 amide bonds. The molecule has 1 aliphatic rings. The van der Waals surface area contributed by atoms with E-state index in [1.165, 1.54) is 0 Å². The highest BCUT2D eigenvalue weighted by atomic mass is 35.5. The van der Waals surface area contributed by atoms with Gasteiger partial charge in [-0.15, -0.1) is 0 Å². The number of hydrogen-bond donors (Lipinski definition) is 2. The van der Waals surface area contributed by atoms with Crippen LogP contribution >= 0.6 is 11.6 Å². The van der Waals surface area contributed by atoms with Crippen LogP contribution in [0.3, 0.4) is 0 Å². The fraction of sp³-hybridized carbons (Fsp3) is 0.200. The zero-order valence-electron chi connectivity index (χ0n) is 15.0. The van der Waals surface area contributed by atoms with Crippen LogP contribution in [0.25, 0.3) is 11.1 Å². The Balaban J connectivity index is 1.55. The molecule has 1 aliphatic carbocycles. The fourth-order valence-electron chi connectivity index (χ4n) is 3.04. The molecule has 3 N–H and O–H groups in total. The molecule has 0 aliphatic heterocycles. The van der Waals surface area contributed by atoms with Crippen LogP contribution in [0.5, 0.6) is 0 Å². The number of aromatic nitrogens is 2. The quantitative estimate of drug-likeness (QED) is 0.644. The molecule has 0 spiro atoms. The Morgan fingerprint density at radius 2 is 2.07 bits per heavy atom. The SMILES string of the molecule is NS(=O)c1cc(NC(=O)Cc2ccccc2Cl)ccc1-c1cnn(C2CC2)c1. The Morgan fingerprint density at radius 3 is 2.79 bits per heavy atom. The van der Waals surface area contributed by atoms with E-state index < -0.39 is 11.0 Å². The molecule has 1 heterocycles. The summed E-state index contributed by atoms with van der Waals surface area (Å²) in [7, 11) is -1.70. The first-order valence-electron chi connectivity index (χ1n) is 8.89. The van der Waals surface area contributed by atoms with Gasteiger partial charge in [-0.25, -0.2) is 9.35 Å². The number of carbonyl (C=O) groups excluding carboxylic acids is 1. The smallest absolute Gasteiger partial charge is 0.228 e. The Kier molecular flexibility index (Phi) is 5.30. The summed E-state index contributed by atoms with van der Waals surface area (Å²) >= 11 is 6.11. The summed E-state index contributed by atoms with van der Waals surface area (Å²) in [5, 5.41) is 13.4. The van der Waals surface area contributed by atoms with Crippen molar-refractivity contribution in [3.05, 3.63) is 65.4 Å². The number of rotatable bonds is 6. The van der Waals surface area contributed by atoms with Crippen molar-refractivity contribution in [3.63, 3.8) is 0 Å². The minimum absolute atomic E-state index is 0.149. The van der Waals surface area contributed by atoms with Gasteiger partial charge < -0.3 is 5.32 Å². The lowest BCUT2D eigenvalue weighted by Crippen LogP contribution is -2.15. The first-order valence-corrected chi connectivity index (χ1v) is 10.5. The maximum Gasteiger partial charge on any atom is 0.228 e. The molecule has 1 atom stereocenters. The summed E-state index contributed by atoms with van der Waals surface area (Å²) in [5.74, 6) is -0.212. The molecule has 0 radical (unpaired) electrons. The van der Waals surface area contributed by atoms with Crippen molar-refractivity contribution in [2.75, 3.05) is 5.32 Å². The molecule has 144 valence electrons. The fourth-order valence-corrected chi connectivity index (χ4v) is 3.89. The van der Waals surface area contributed by atoms with Gasteiger partial charge in [-0.2, -0.15) is 5.10 Å². The van der Waals surface area contributed by atoms with E-state index in [0.717, 1.165) is 29.5 Å². The Morgan fingerprint density at radius 1 is 1.29 bits per heavy atom. The van der Waals surface area contributed by atoms with Gasteiger partial charge in [-0.3, -0.25) is 9.48 Å². The van der Waals surface area contributed by atoms with Gasteiger partial charge in [0.05, 0.1) is 23.6 Å². The van der Waals surface area contributed by atoms with Crippen LogP contribution in [0.2, 0.25) is 5.02 Å². The summed E-state index contributed by atoms with van der Waals surface area (Å²) in [4.78, 5) is 12.8. The van der Waals surface area contributed by atoms with E-state index in [-0.39, 0.29) is 12.3 Å². The third-order valence-electron chi connectivity index (χ3n) is 4.62. The first-order chi connectivity index (χ1) is 13.5. The van der Waals surface area contributed by atoms with Gasteiger partial charge in [0.1, 0.15) is 11.0 Å². The lowest BCUT2D eigenvalue weighted by atomic mass is 10.1. The molecule has 0 bridgehead atoms. The van der Waals surface area contributed by atoms with Gasteiger partial charge in [0, 0.05) is 28.0 Å². The normalized spacial score (nSPS) is 14.6. The molecule has 28 heavy (non-hydrogen) atoms. The number of nitrogens with one attached hydrogen (secondary N) is 1. The Labute approximate surface area is 170 Å². The summed E-state index contributed by atoms with van der Waals surface area (Å²) in [6, 6.07) is 12.9. The summed E-state index contributed by atoms with van der Waals surface area (Å²) in [6.07, 6.45) is 6.11. The second-order valence-corrected chi connectivity index (χ2v) is 8.21. The molecular formula is C20H19ClN4O2S. The van der Waals surface area contributed by atoms with Crippen LogP contribution < -0.4 is 10.5 Å². The highest BCUT2D eigenvalue weighted by molar-refractivity contribution is 7.82. The van der Waals surface area contributed by atoms with E-state index in [1.54, 1.807) is 30.5 Å². The number of nitrogens with zero attached hydrogens (tertiary/aromatic N) is 2. The van der Waals surface area contributed by atoms with Gasteiger partial charge in [0.25, 0.3) is 0 Å². The molecule has 2 aromatic carbocycles. The van der Waals surface area contributed by atoms with Gasteiger partial charge in [-0.05, 0) is 36.6 Å². The van der Waals surface area contributed by atoms with E-state index in [2.05, 4.69) is 10.4 Å². The lowest BCUT2D eigenvalue weighted by molar-refractivity contribution is -0.115. The van der Waals surface area contributed by atoms with E-state index in [4.69, 9.17) is 16.7 Å². The first kappa shape index (κ1) is 18.9. The molecule has 1 fully saturated rings. The van der Waals surface area contributed by atoms with Crippen LogP contribution in [0, 0.1) is 0 Å². The van der Waals surface area contributed by atoms with Gasteiger partial charge >= 0.3 is 0 Å². The maximum atomic E-state index is 12.4. The molecule has 8 heteroatoms. The van der Waals surface area contributed by atoms with Gasteiger partial charge in [0.2, 0.25) is 5.91 Å². The number of nitrogens with two attached hydrogens (primary N) is 1. The summed E-state index contributed by atoms with van der Waals surface area (Å²) in [5.41, 5.74) is 2.88.